The summed E-state index contributed by atoms with van der Waals surface area (Å²) >= 11 is 0. The van der Waals surface area contributed by atoms with E-state index in [2.05, 4.69) is 0 Å². The average Bonchev–Trinajstić information content (AvgIpc) is 2.19. The molecular formula is C11H9FO. The van der Waals surface area contributed by atoms with E-state index in [9.17, 15) is 4.39 Å². The summed E-state index contributed by atoms with van der Waals surface area (Å²) in [6, 6.07) is 6.96. The molecule has 0 aliphatic rings. The summed E-state index contributed by atoms with van der Waals surface area (Å²) in [4.78, 5) is 0. The van der Waals surface area contributed by atoms with Gasteiger partial charge < -0.3 is 4.74 Å². The van der Waals surface area contributed by atoms with Crippen molar-refractivity contribution in [2.45, 2.75) is 0 Å². The lowest BCUT2D eigenvalue weighted by atomic mass is 10.2. The Balaban J connectivity index is 2.88. The molecule has 0 bridgehead atoms. The zero-order valence-electron chi connectivity index (χ0n) is 7.25. The number of halogens is 1. The van der Waals surface area contributed by atoms with Gasteiger partial charge in [-0.2, -0.15) is 4.39 Å². The Morgan fingerprint density at radius 1 is 1.46 bits per heavy atom. The number of rotatable bonds is 2. The van der Waals surface area contributed by atoms with Crippen LogP contribution in [0.15, 0.2) is 30.1 Å². The number of benzene rings is 1. The van der Waals surface area contributed by atoms with E-state index in [1.165, 1.54) is 6.08 Å². The molecule has 0 amide bonds. The summed E-state index contributed by atoms with van der Waals surface area (Å²) in [6.07, 6.45) is 6.15. The van der Waals surface area contributed by atoms with Gasteiger partial charge in [0.2, 0.25) is 0 Å². The van der Waals surface area contributed by atoms with Crippen molar-refractivity contribution in [3.05, 3.63) is 35.7 Å². The van der Waals surface area contributed by atoms with E-state index in [1.54, 1.807) is 31.4 Å². The highest BCUT2D eigenvalue weighted by atomic mass is 19.1. The second kappa shape index (κ2) is 4.32. The van der Waals surface area contributed by atoms with Gasteiger partial charge >= 0.3 is 0 Å². The lowest BCUT2D eigenvalue weighted by Gasteiger charge is -1.98. The first kappa shape index (κ1) is 9.34. The molecular weight excluding hydrogens is 167 g/mol. The third-order valence-electron chi connectivity index (χ3n) is 1.55. The summed E-state index contributed by atoms with van der Waals surface area (Å²) in [5.74, 6) is 2.06. The van der Waals surface area contributed by atoms with Crippen LogP contribution >= 0.6 is 0 Å². The first-order chi connectivity index (χ1) is 6.26. The third-order valence-corrected chi connectivity index (χ3v) is 1.55. The normalized spacial score (nSPS) is 10.7. The molecule has 0 unspecified atom stereocenters. The van der Waals surface area contributed by atoms with Crippen molar-refractivity contribution in [2.75, 3.05) is 7.11 Å². The van der Waals surface area contributed by atoms with Gasteiger partial charge in [-0.3, -0.25) is 0 Å². The van der Waals surface area contributed by atoms with Crippen molar-refractivity contribution in [1.29, 1.82) is 0 Å². The molecule has 0 saturated carbocycles. The number of ether oxygens (including phenoxy) is 1. The molecule has 66 valence electrons. The number of hydrogen-bond acceptors (Lipinski definition) is 1. The van der Waals surface area contributed by atoms with Gasteiger partial charge in [-0.05, 0) is 29.7 Å². The molecule has 0 N–H and O–H groups in total. The zero-order valence-corrected chi connectivity index (χ0v) is 7.25. The highest BCUT2D eigenvalue weighted by Crippen LogP contribution is 2.13. The molecule has 0 radical (unpaired) electrons. The molecule has 1 aromatic carbocycles. The standard InChI is InChI=1S/C11H9FO/c1-3-10(12)8-9-4-6-11(13-2)7-5-9/h1,4-8H,2H3/b10-8-. The number of methoxy groups -OCH3 is 1. The molecule has 13 heavy (non-hydrogen) atoms. The quantitative estimate of drug-likeness (QED) is 0.629. The molecule has 0 saturated heterocycles. The highest BCUT2D eigenvalue weighted by molar-refractivity contribution is 5.56. The topological polar surface area (TPSA) is 9.23 Å². The number of terminal acetylenes is 1. The van der Waals surface area contributed by atoms with Crippen molar-refractivity contribution in [3.8, 4) is 18.1 Å². The lowest BCUT2D eigenvalue weighted by molar-refractivity contribution is 0.415. The molecule has 0 aromatic heterocycles. The van der Waals surface area contributed by atoms with Crippen molar-refractivity contribution < 1.29 is 9.13 Å². The summed E-state index contributed by atoms with van der Waals surface area (Å²) in [7, 11) is 1.58. The van der Waals surface area contributed by atoms with Crippen LogP contribution in [0.1, 0.15) is 5.56 Å². The van der Waals surface area contributed by atoms with Gasteiger partial charge in [0.15, 0.2) is 5.83 Å². The van der Waals surface area contributed by atoms with E-state index >= 15 is 0 Å². The minimum atomic E-state index is -0.579. The van der Waals surface area contributed by atoms with Crippen molar-refractivity contribution in [2.24, 2.45) is 0 Å². The Hall–Kier alpha value is -1.75. The van der Waals surface area contributed by atoms with Crippen molar-refractivity contribution in [3.63, 3.8) is 0 Å². The maximum absolute atomic E-state index is 12.6. The molecule has 1 rings (SSSR count). The van der Waals surface area contributed by atoms with Crippen LogP contribution in [0.25, 0.3) is 6.08 Å². The molecule has 0 atom stereocenters. The molecule has 0 aliphatic heterocycles. The van der Waals surface area contributed by atoms with E-state index in [0.29, 0.717) is 0 Å². The summed E-state index contributed by atoms with van der Waals surface area (Å²) in [5, 5.41) is 0. The largest absolute Gasteiger partial charge is 0.497 e. The van der Waals surface area contributed by atoms with Crippen molar-refractivity contribution in [1.82, 2.24) is 0 Å². The molecule has 0 fully saturated rings. The second-order valence-electron chi connectivity index (χ2n) is 2.41. The Labute approximate surface area is 76.8 Å². The minimum absolute atomic E-state index is 0.579. The zero-order chi connectivity index (χ0) is 9.68. The maximum Gasteiger partial charge on any atom is 0.173 e. The van der Waals surface area contributed by atoms with Crippen LogP contribution in [0.5, 0.6) is 5.75 Å². The first-order valence-electron chi connectivity index (χ1n) is 3.74. The number of allylic oxidation sites excluding steroid dienone is 1. The Kier molecular flexibility index (Phi) is 3.10. The second-order valence-corrected chi connectivity index (χ2v) is 2.41. The van der Waals surface area contributed by atoms with E-state index < -0.39 is 5.83 Å². The average molecular weight is 176 g/mol. The van der Waals surface area contributed by atoms with E-state index in [0.717, 1.165) is 11.3 Å². The van der Waals surface area contributed by atoms with E-state index in [4.69, 9.17) is 11.2 Å². The lowest BCUT2D eigenvalue weighted by Crippen LogP contribution is -1.81. The summed E-state index contributed by atoms with van der Waals surface area (Å²) in [5.41, 5.74) is 0.719. The summed E-state index contributed by atoms with van der Waals surface area (Å²) in [6.45, 7) is 0. The van der Waals surface area contributed by atoms with Crippen LogP contribution in [-0.2, 0) is 0 Å². The molecule has 0 aliphatic carbocycles. The van der Waals surface area contributed by atoms with Crippen LogP contribution in [0.2, 0.25) is 0 Å². The highest BCUT2D eigenvalue weighted by Gasteiger charge is 1.92. The van der Waals surface area contributed by atoms with E-state index in [-0.39, 0.29) is 0 Å². The van der Waals surface area contributed by atoms with Gasteiger partial charge in [-0.1, -0.05) is 12.1 Å². The van der Waals surface area contributed by atoms with Crippen molar-refractivity contribution >= 4 is 6.08 Å². The number of hydrogen-bond donors (Lipinski definition) is 0. The van der Waals surface area contributed by atoms with Gasteiger partial charge in [0.1, 0.15) is 5.75 Å². The van der Waals surface area contributed by atoms with Crippen LogP contribution in [0.4, 0.5) is 4.39 Å². The van der Waals surface area contributed by atoms with Gasteiger partial charge in [-0.25, -0.2) is 0 Å². The fraction of sp³-hybridized carbons (Fsp3) is 0.0909. The van der Waals surface area contributed by atoms with Crippen LogP contribution < -0.4 is 4.74 Å². The van der Waals surface area contributed by atoms with E-state index in [1.807, 2.05) is 5.92 Å². The van der Waals surface area contributed by atoms with Gasteiger partial charge in [0.25, 0.3) is 0 Å². The Morgan fingerprint density at radius 2 is 2.08 bits per heavy atom. The fourth-order valence-electron chi connectivity index (χ4n) is 0.888. The maximum atomic E-state index is 12.6. The van der Waals surface area contributed by atoms with Gasteiger partial charge in [0.05, 0.1) is 7.11 Å². The van der Waals surface area contributed by atoms with Gasteiger partial charge in [0, 0.05) is 0 Å². The fourth-order valence-corrected chi connectivity index (χ4v) is 0.888. The molecule has 0 spiro atoms. The molecule has 1 nitrogen and oxygen atoms in total. The van der Waals surface area contributed by atoms with Crippen LogP contribution in [0, 0.1) is 12.3 Å². The third kappa shape index (κ3) is 2.64. The SMILES string of the molecule is C#C/C(F)=C/c1ccc(OC)cc1. The minimum Gasteiger partial charge on any atom is -0.497 e. The molecule has 1 aromatic rings. The predicted octanol–water partition coefficient (Wildman–Crippen LogP) is 2.64. The predicted molar refractivity (Wildman–Crippen MR) is 50.9 cm³/mol. The van der Waals surface area contributed by atoms with Gasteiger partial charge in [-0.15, -0.1) is 6.42 Å². The summed E-state index contributed by atoms with van der Waals surface area (Å²) < 4.78 is 17.5. The Bertz CT molecular complexity index is 343. The van der Waals surface area contributed by atoms with Crippen LogP contribution in [-0.4, -0.2) is 7.11 Å². The molecule has 0 heterocycles. The first-order valence-corrected chi connectivity index (χ1v) is 3.74. The monoisotopic (exact) mass is 176 g/mol. The Morgan fingerprint density at radius 3 is 2.54 bits per heavy atom. The molecule has 2 heteroatoms. The van der Waals surface area contributed by atoms with Crippen LogP contribution in [0.3, 0.4) is 0 Å². The smallest absolute Gasteiger partial charge is 0.173 e.